The smallest absolute Gasteiger partial charge is 0.228 e. The Morgan fingerprint density at radius 3 is 2.20 bits per heavy atom. The molecule has 9 heteroatoms. The highest BCUT2D eigenvalue weighted by atomic mass is 35.5. The topological polar surface area (TPSA) is 102 Å². The highest BCUT2D eigenvalue weighted by molar-refractivity contribution is 7.90. The number of nitrogens with two attached hydrogens (primary N) is 1. The van der Waals surface area contributed by atoms with Gasteiger partial charge in [-0.25, -0.2) is 13.4 Å². The molecule has 116 valence electrons. The van der Waals surface area contributed by atoms with Crippen LogP contribution in [-0.2, 0) is 14.6 Å². The van der Waals surface area contributed by atoms with Crippen molar-refractivity contribution in [2.24, 2.45) is 11.7 Å². The second-order valence-corrected chi connectivity index (χ2v) is 6.26. The van der Waals surface area contributed by atoms with Crippen molar-refractivity contribution in [3.8, 4) is 0 Å². The van der Waals surface area contributed by atoms with Gasteiger partial charge in [0, 0.05) is 12.3 Å². The number of pyridine rings is 1. The molecule has 2 unspecified atom stereocenters. The third kappa shape index (κ3) is 6.04. The van der Waals surface area contributed by atoms with E-state index in [2.05, 4.69) is 10.3 Å². The molecule has 0 aliphatic carbocycles. The summed E-state index contributed by atoms with van der Waals surface area (Å²) in [7, 11) is -3.32. The van der Waals surface area contributed by atoms with E-state index in [4.69, 9.17) is 5.73 Å². The van der Waals surface area contributed by atoms with Crippen LogP contribution in [0.15, 0.2) is 23.4 Å². The number of sulfone groups is 1. The molecule has 1 amide bonds. The van der Waals surface area contributed by atoms with Crippen LogP contribution < -0.4 is 11.1 Å². The van der Waals surface area contributed by atoms with Gasteiger partial charge in [0.05, 0.1) is 17.8 Å². The zero-order valence-corrected chi connectivity index (χ0v) is 13.8. The minimum Gasteiger partial charge on any atom is -0.327 e. The molecule has 0 aliphatic rings. The summed E-state index contributed by atoms with van der Waals surface area (Å²) in [6, 6.07) is 2.59. The van der Waals surface area contributed by atoms with E-state index >= 15 is 0 Å². The monoisotopic (exact) mass is 343 g/mol. The van der Waals surface area contributed by atoms with Crippen molar-refractivity contribution in [2.75, 3.05) is 11.6 Å². The SMILES string of the molecule is CC(N)C(C)C(=O)Nc1ccc(S(C)(=O)=O)nc1.Cl.Cl. The lowest BCUT2D eigenvalue weighted by Crippen LogP contribution is -2.34. The molecule has 0 saturated heterocycles. The molecule has 0 fully saturated rings. The van der Waals surface area contributed by atoms with Crippen molar-refractivity contribution in [2.45, 2.75) is 24.9 Å². The van der Waals surface area contributed by atoms with Crippen LogP contribution in [-0.4, -0.2) is 31.6 Å². The van der Waals surface area contributed by atoms with Crippen molar-refractivity contribution >= 4 is 46.2 Å². The Kier molecular flexibility index (Phi) is 9.00. The Labute approximate surface area is 131 Å². The number of halogens is 2. The molecule has 1 aromatic heterocycles. The third-order valence-electron chi connectivity index (χ3n) is 2.59. The van der Waals surface area contributed by atoms with Crippen LogP contribution in [0.2, 0.25) is 0 Å². The van der Waals surface area contributed by atoms with E-state index in [1.165, 1.54) is 18.3 Å². The first-order valence-electron chi connectivity index (χ1n) is 5.44. The fourth-order valence-electron chi connectivity index (χ4n) is 1.17. The molecule has 3 N–H and O–H groups in total. The van der Waals surface area contributed by atoms with Gasteiger partial charge in [-0.3, -0.25) is 4.79 Å². The first kappa shape index (κ1) is 21.4. The maximum atomic E-state index is 11.7. The average molecular weight is 344 g/mol. The Morgan fingerprint density at radius 1 is 1.30 bits per heavy atom. The summed E-state index contributed by atoms with van der Waals surface area (Å²) < 4.78 is 22.4. The van der Waals surface area contributed by atoms with Crippen molar-refractivity contribution in [1.29, 1.82) is 0 Å². The van der Waals surface area contributed by atoms with E-state index in [0.29, 0.717) is 5.69 Å². The number of carbonyl (C=O) groups is 1. The predicted octanol–water partition coefficient (Wildman–Crippen LogP) is 1.25. The van der Waals surface area contributed by atoms with Crippen LogP contribution in [0.25, 0.3) is 0 Å². The molecule has 20 heavy (non-hydrogen) atoms. The first-order chi connectivity index (χ1) is 8.21. The quantitative estimate of drug-likeness (QED) is 0.856. The van der Waals surface area contributed by atoms with Gasteiger partial charge in [-0.1, -0.05) is 6.92 Å². The van der Waals surface area contributed by atoms with Gasteiger partial charge in [0.1, 0.15) is 0 Å². The number of amides is 1. The van der Waals surface area contributed by atoms with Gasteiger partial charge in [0.2, 0.25) is 5.91 Å². The molecule has 1 rings (SSSR count). The lowest BCUT2D eigenvalue weighted by molar-refractivity contribution is -0.119. The number of aromatic nitrogens is 1. The Morgan fingerprint density at radius 2 is 1.85 bits per heavy atom. The van der Waals surface area contributed by atoms with Crippen LogP contribution in [0, 0.1) is 5.92 Å². The number of carbonyl (C=O) groups excluding carboxylic acids is 1. The van der Waals surface area contributed by atoms with Crippen LogP contribution in [0.3, 0.4) is 0 Å². The molecule has 2 atom stereocenters. The summed E-state index contributed by atoms with van der Waals surface area (Å²) in [5.41, 5.74) is 6.06. The summed E-state index contributed by atoms with van der Waals surface area (Å²) in [6.07, 6.45) is 2.38. The molecule has 1 aromatic rings. The minimum absolute atomic E-state index is 0. The first-order valence-corrected chi connectivity index (χ1v) is 7.33. The van der Waals surface area contributed by atoms with Crippen LogP contribution in [0.4, 0.5) is 5.69 Å². The Hall–Kier alpha value is -0.890. The summed E-state index contributed by atoms with van der Waals surface area (Å²) >= 11 is 0. The molecular weight excluding hydrogens is 325 g/mol. The number of hydrogen-bond donors (Lipinski definition) is 2. The number of nitrogens with zero attached hydrogens (tertiary/aromatic N) is 1. The highest BCUT2D eigenvalue weighted by Gasteiger charge is 2.17. The number of hydrogen-bond acceptors (Lipinski definition) is 5. The second kappa shape index (κ2) is 8.41. The number of rotatable bonds is 4. The number of anilines is 1. The van der Waals surface area contributed by atoms with Crippen molar-refractivity contribution in [1.82, 2.24) is 4.98 Å². The molecule has 6 nitrogen and oxygen atoms in total. The summed E-state index contributed by atoms with van der Waals surface area (Å²) in [5.74, 6) is -0.557. The normalized spacial score (nSPS) is 13.4. The van der Waals surface area contributed by atoms with Gasteiger partial charge >= 0.3 is 0 Å². The lowest BCUT2D eigenvalue weighted by atomic mass is 10.0. The second-order valence-electron chi connectivity index (χ2n) is 4.29. The largest absolute Gasteiger partial charge is 0.327 e. The van der Waals surface area contributed by atoms with Gasteiger partial charge in [0.15, 0.2) is 14.9 Å². The zero-order chi connectivity index (χ0) is 13.9. The zero-order valence-electron chi connectivity index (χ0n) is 11.4. The van der Waals surface area contributed by atoms with Gasteiger partial charge in [-0.2, -0.15) is 0 Å². The van der Waals surface area contributed by atoms with Crippen LogP contribution in [0.1, 0.15) is 13.8 Å². The summed E-state index contributed by atoms with van der Waals surface area (Å²) in [6.45, 7) is 3.47. The van der Waals surface area contributed by atoms with Crippen molar-refractivity contribution < 1.29 is 13.2 Å². The molecule has 0 aromatic carbocycles. The highest BCUT2D eigenvalue weighted by Crippen LogP contribution is 2.12. The van der Waals surface area contributed by atoms with E-state index in [1.807, 2.05) is 0 Å². The molecule has 1 heterocycles. The summed E-state index contributed by atoms with van der Waals surface area (Å²) in [5, 5.41) is 2.60. The maximum Gasteiger partial charge on any atom is 0.228 e. The summed E-state index contributed by atoms with van der Waals surface area (Å²) in [4.78, 5) is 15.5. The molecular formula is C11H19Cl2N3O3S. The predicted molar refractivity (Wildman–Crippen MR) is 83.3 cm³/mol. The molecule has 0 saturated carbocycles. The lowest BCUT2D eigenvalue weighted by Gasteiger charge is -2.15. The van der Waals surface area contributed by atoms with E-state index in [1.54, 1.807) is 13.8 Å². The number of nitrogens with one attached hydrogen (secondary N) is 1. The molecule has 0 aliphatic heterocycles. The van der Waals surface area contributed by atoms with E-state index in [0.717, 1.165) is 6.26 Å². The third-order valence-corrected chi connectivity index (χ3v) is 3.59. The van der Waals surface area contributed by atoms with Crippen molar-refractivity contribution in [3.63, 3.8) is 0 Å². The van der Waals surface area contributed by atoms with E-state index in [9.17, 15) is 13.2 Å². The molecule has 0 spiro atoms. The van der Waals surface area contributed by atoms with Gasteiger partial charge in [0.25, 0.3) is 0 Å². The van der Waals surface area contributed by atoms with Crippen LogP contribution >= 0.6 is 24.8 Å². The van der Waals surface area contributed by atoms with Gasteiger partial charge < -0.3 is 11.1 Å². The Balaban J connectivity index is 0. The fraction of sp³-hybridized carbons (Fsp3) is 0.455. The van der Waals surface area contributed by atoms with Gasteiger partial charge in [-0.05, 0) is 19.1 Å². The van der Waals surface area contributed by atoms with Crippen LogP contribution in [0.5, 0.6) is 0 Å². The van der Waals surface area contributed by atoms with Gasteiger partial charge in [-0.15, -0.1) is 24.8 Å². The molecule has 0 bridgehead atoms. The minimum atomic E-state index is -3.32. The molecule has 0 radical (unpaired) electrons. The fourth-order valence-corrected chi connectivity index (χ4v) is 1.73. The van der Waals surface area contributed by atoms with E-state index < -0.39 is 9.84 Å². The Bertz CT molecular complexity index is 532. The average Bonchev–Trinajstić information content (AvgIpc) is 2.27. The van der Waals surface area contributed by atoms with E-state index in [-0.39, 0.29) is 47.7 Å². The maximum absolute atomic E-state index is 11.7. The van der Waals surface area contributed by atoms with Crippen molar-refractivity contribution in [3.05, 3.63) is 18.3 Å². The standard InChI is InChI=1S/C11H17N3O3S.2ClH/c1-7(8(2)12)11(15)14-9-4-5-10(13-6-9)18(3,16)17;;/h4-8H,12H2,1-3H3,(H,14,15);2*1H.